The van der Waals surface area contributed by atoms with Crippen molar-refractivity contribution in [3.05, 3.63) is 18.0 Å². The lowest BCUT2D eigenvalue weighted by atomic mass is 10.2. The predicted molar refractivity (Wildman–Crippen MR) is 40.4 cm³/mol. The van der Waals surface area contributed by atoms with Crippen molar-refractivity contribution in [1.82, 2.24) is 9.78 Å². The highest BCUT2D eigenvalue weighted by Gasteiger charge is 2.14. The van der Waals surface area contributed by atoms with Crippen LogP contribution in [0, 0.1) is 0 Å². The van der Waals surface area contributed by atoms with Gasteiger partial charge in [0.2, 0.25) is 0 Å². The van der Waals surface area contributed by atoms with Gasteiger partial charge in [-0.05, 0) is 18.9 Å². The van der Waals surface area contributed by atoms with Crippen LogP contribution in [0.4, 0.5) is 0 Å². The minimum atomic E-state index is 0.236. The van der Waals surface area contributed by atoms with E-state index in [0.717, 1.165) is 25.1 Å². The maximum absolute atomic E-state index is 11.3. The number of Topliss-reactive ketones (excluding diaryl/α,β-unsaturated/α-hetero) is 1. The summed E-state index contributed by atoms with van der Waals surface area (Å²) in [6.45, 7) is 0.897. The normalized spacial score (nSPS) is 17.6. The van der Waals surface area contributed by atoms with Crippen LogP contribution in [0.15, 0.2) is 12.3 Å². The molecule has 1 aromatic heterocycles. The van der Waals surface area contributed by atoms with Gasteiger partial charge in [-0.3, -0.25) is 9.48 Å². The fraction of sp³-hybridized carbons (Fsp3) is 0.500. The number of aromatic nitrogens is 2. The van der Waals surface area contributed by atoms with Gasteiger partial charge in [0.05, 0.1) is 0 Å². The van der Waals surface area contributed by atoms with E-state index in [0.29, 0.717) is 6.42 Å². The van der Waals surface area contributed by atoms with E-state index in [1.807, 2.05) is 0 Å². The molecule has 0 N–H and O–H groups in total. The summed E-state index contributed by atoms with van der Waals surface area (Å²) in [5.41, 5.74) is 0.780. The van der Waals surface area contributed by atoms with E-state index in [1.54, 1.807) is 16.9 Å². The monoisotopic (exact) mass is 150 g/mol. The van der Waals surface area contributed by atoms with Gasteiger partial charge in [0.25, 0.3) is 0 Å². The maximum atomic E-state index is 11.3. The van der Waals surface area contributed by atoms with Crippen LogP contribution in [-0.4, -0.2) is 15.6 Å². The Kier molecular flexibility index (Phi) is 1.49. The Balaban J connectivity index is 2.41. The molecule has 0 aromatic carbocycles. The lowest BCUT2D eigenvalue weighted by Gasteiger charge is -1.98. The van der Waals surface area contributed by atoms with Gasteiger partial charge in [-0.25, -0.2) is 0 Å². The first-order valence-electron chi connectivity index (χ1n) is 3.93. The smallest absolute Gasteiger partial charge is 0.180 e. The van der Waals surface area contributed by atoms with Crippen LogP contribution in [0.2, 0.25) is 0 Å². The number of rotatable bonds is 0. The van der Waals surface area contributed by atoms with Gasteiger partial charge in [-0.2, -0.15) is 5.10 Å². The number of carbonyl (C=O) groups is 1. The summed E-state index contributed by atoms with van der Waals surface area (Å²) in [7, 11) is 0. The third kappa shape index (κ3) is 1.06. The first kappa shape index (κ1) is 6.58. The molecule has 0 atom stereocenters. The van der Waals surface area contributed by atoms with E-state index >= 15 is 0 Å². The number of ketones is 1. The van der Waals surface area contributed by atoms with Crippen LogP contribution < -0.4 is 0 Å². The zero-order chi connectivity index (χ0) is 7.68. The topological polar surface area (TPSA) is 34.9 Å². The molecule has 0 fully saturated rings. The van der Waals surface area contributed by atoms with Crippen LogP contribution in [0.3, 0.4) is 0 Å². The van der Waals surface area contributed by atoms with Crippen LogP contribution in [0.1, 0.15) is 29.8 Å². The second-order valence-electron chi connectivity index (χ2n) is 2.82. The molecule has 0 saturated heterocycles. The summed E-state index contributed by atoms with van der Waals surface area (Å²) in [5, 5.41) is 4.06. The molecule has 0 bridgehead atoms. The molecule has 2 rings (SSSR count). The number of aryl methyl sites for hydroxylation is 1. The Bertz CT molecular complexity index is 277. The zero-order valence-electron chi connectivity index (χ0n) is 6.29. The van der Waals surface area contributed by atoms with Crippen LogP contribution >= 0.6 is 0 Å². The van der Waals surface area contributed by atoms with E-state index in [-0.39, 0.29) is 5.78 Å². The quantitative estimate of drug-likeness (QED) is 0.558. The summed E-state index contributed by atoms with van der Waals surface area (Å²) in [4.78, 5) is 11.3. The highest BCUT2D eigenvalue weighted by atomic mass is 16.1. The van der Waals surface area contributed by atoms with Crippen molar-refractivity contribution in [1.29, 1.82) is 0 Å². The molecule has 3 heteroatoms. The van der Waals surface area contributed by atoms with E-state index in [9.17, 15) is 4.79 Å². The Morgan fingerprint density at radius 2 is 2.36 bits per heavy atom. The van der Waals surface area contributed by atoms with E-state index in [2.05, 4.69) is 5.10 Å². The fourth-order valence-corrected chi connectivity index (χ4v) is 1.42. The zero-order valence-corrected chi connectivity index (χ0v) is 6.29. The van der Waals surface area contributed by atoms with Gasteiger partial charge in [-0.1, -0.05) is 0 Å². The van der Waals surface area contributed by atoms with Gasteiger partial charge >= 0.3 is 0 Å². The van der Waals surface area contributed by atoms with Crippen LogP contribution in [-0.2, 0) is 6.54 Å². The number of fused-ring (bicyclic) bond motifs is 1. The molecule has 0 aliphatic carbocycles. The molecule has 58 valence electrons. The molecule has 0 radical (unpaired) electrons. The molecular formula is C8H10N2O. The number of carbonyl (C=O) groups excluding carboxylic acids is 1. The number of hydrogen-bond acceptors (Lipinski definition) is 2. The molecule has 0 unspecified atom stereocenters. The van der Waals surface area contributed by atoms with Gasteiger partial charge < -0.3 is 0 Å². The molecule has 11 heavy (non-hydrogen) atoms. The lowest BCUT2D eigenvalue weighted by Crippen LogP contribution is -2.05. The Hall–Kier alpha value is -1.12. The Morgan fingerprint density at radius 1 is 1.45 bits per heavy atom. The predicted octanol–water partition coefficient (Wildman–Crippen LogP) is 1.25. The molecule has 2 heterocycles. The molecule has 1 aliphatic heterocycles. The summed E-state index contributed by atoms with van der Waals surface area (Å²) >= 11 is 0. The standard InChI is InChI=1S/C8H10N2O/c11-8-3-1-2-6-10-7(8)4-5-9-10/h4-5H,1-3,6H2. The van der Waals surface area contributed by atoms with Crippen molar-refractivity contribution in [2.24, 2.45) is 0 Å². The molecule has 0 saturated carbocycles. The van der Waals surface area contributed by atoms with Crippen molar-refractivity contribution < 1.29 is 4.79 Å². The van der Waals surface area contributed by atoms with E-state index in [1.165, 1.54) is 0 Å². The lowest BCUT2D eigenvalue weighted by molar-refractivity contribution is 0.0976. The largest absolute Gasteiger partial charge is 0.292 e. The van der Waals surface area contributed by atoms with Gasteiger partial charge in [-0.15, -0.1) is 0 Å². The van der Waals surface area contributed by atoms with E-state index in [4.69, 9.17) is 0 Å². The Labute approximate surface area is 65.0 Å². The van der Waals surface area contributed by atoms with Crippen molar-refractivity contribution in [2.45, 2.75) is 25.8 Å². The molecule has 1 aromatic rings. The molecule has 0 amide bonds. The first-order valence-corrected chi connectivity index (χ1v) is 3.93. The summed E-state index contributed by atoms with van der Waals surface area (Å²) < 4.78 is 1.80. The van der Waals surface area contributed by atoms with Gasteiger partial charge in [0.15, 0.2) is 5.78 Å². The van der Waals surface area contributed by atoms with Crippen LogP contribution in [0.25, 0.3) is 0 Å². The van der Waals surface area contributed by atoms with Crippen molar-refractivity contribution in [3.63, 3.8) is 0 Å². The fourth-order valence-electron chi connectivity index (χ4n) is 1.42. The first-order chi connectivity index (χ1) is 5.38. The average molecular weight is 150 g/mol. The molecule has 0 spiro atoms. The summed E-state index contributed by atoms with van der Waals surface area (Å²) in [6, 6.07) is 1.80. The third-order valence-corrected chi connectivity index (χ3v) is 2.03. The summed E-state index contributed by atoms with van der Waals surface area (Å²) in [6.07, 6.45) is 4.45. The van der Waals surface area contributed by atoms with Gasteiger partial charge in [0.1, 0.15) is 5.69 Å². The Morgan fingerprint density at radius 3 is 3.27 bits per heavy atom. The highest BCUT2D eigenvalue weighted by Crippen LogP contribution is 2.12. The molecular weight excluding hydrogens is 140 g/mol. The average Bonchev–Trinajstić information content (AvgIpc) is 2.40. The molecule has 1 aliphatic rings. The number of nitrogens with zero attached hydrogens (tertiary/aromatic N) is 2. The highest BCUT2D eigenvalue weighted by molar-refractivity contribution is 5.94. The van der Waals surface area contributed by atoms with Crippen molar-refractivity contribution in [3.8, 4) is 0 Å². The van der Waals surface area contributed by atoms with Crippen LogP contribution in [0.5, 0.6) is 0 Å². The summed E-state index contributed by atoms with van der Waals surface area (Å²) in [5.74, 6) is 0.236. The third-order valence-electron chi connectivity index (χ3n) is 2.03. The second kappa shape index (κ2) is 2.49. The maximum Gasteiger partial charge on any atom is 0.180 e. The minimum Gasteiger partial charge on any atom is -0.292 e. The molecule has 3 nitrogen and oxygen atoms in total. The minimum absolute atomic E-state index is 0.236. The second-order valence-corrected chi connectivity index (χ2v) is 2.82. The van der Waals surface area contributed by atoms with Crippen molar-refractivity contribution >= 4 is 5.78 Å². The number of hydrogen-bond donors (Lipinski definition) is 0. The SMILES string of the molecule is O=C1CCCCn2nccc21. The van der Waals surface area contributed by atoms with E-state index < -0.39 is 0 Å². The van der Waals surface area contributed by atoms with Gasteiger partial charge in [0, 0.05) is 19.2 Å². The van der Waals surface area contributed by atoms with Crippen molar-refractivity contribution in [2.75, 3.05) is 0 Å².